The standard InChI is InChI=1S/C8H13FO/c1-5(2)7(10)6-4-8(6,3)9/h5-6H,4H2,1-3H3. The van der Waals surface area contributed by atoms with Gasteiger partial charge in [-0.3, -0.25) is 4.79 Å². The molecule has 1 rings (SSSR count). The summed E-state index contributed by atoms with van der Waals surface area (Å²) in [5.41, 5.74) is -1.18. The molecule has 1 fully saturated rings. The molecule has 1 aliphatic carbocycles. The third kappa shape index (κ3) is 1.20. The normalized spacial score (nSPS) is 38.3. The molecule has 0 aromatic heterocycles. The average molecular weight is 144 g/mol. The van der Waals surface area contributed by atoms with Gasteiger partial charge in [-0.1, -0.05) is 13.8 Å². The van der Waals surface area contributed by atoms with Crippen LogP contribution < -0.4 is 0 Å². The molecule has 58 valence electrons. The van der Waals surface area contributed by atoms with E-state index in [9.17, 15) is 9.18 Å². The Kier molecular flexibility index (Phi) is 1.57. The number of carbonyl (C=O) groups is 1. The minimum atomic E-state index is -1.18. The maximum Gasteiger partial charge on any atom is 0.141 e. The zero-order valence-electron chi connectivity index (χ0n) is 6.65. The van der Waals surface area contributed by atoms with Crippen molar-refractivity contribution in [2.24, 2.45) is 11.8 Å². The van der Waals surface area contributed by atoms with Gasteiger partial charge in [0.15, 0.2) is 0 Å². The Hall–Kier alpha value is -0.400. The number of rotatable bonds is 2. The Bertz CT molecular complexity index is 161. The Labute approximate surface area is 60.6 Å². The van der Waals surface area contributed by atoms with Gasteiger partial charge in [0.25, 0.3) is 0 Å². The first-order valence-electron chi connectivity index (χ1n) is 3.68. The first-order chi connectivity index (χ1) is 4.45. The number of hydrogen-bond donors (Lipinski definition) is 0. The van der Waals surface area contributed by atoms with Crippen molar-refractivity contribution in [1.82, 2.24) is 0 Å². The van der Waals surface area contributed by atoms with E-state index < -0.39 is 5.67 Å². The lowest BCUT2D eigenvalue weighted by atomic mass is 10.0. The molecular weight excluding hydrogens is 131 g/mol. The summed E-state index contributed by atoms with van der Waals surface area (Å²) in [6.45, 7) is 5.13. The van der Waals surface area contributed by atoms with Crippen LogP contribution in [-0.4, -0.2) is 11.5 Å². The fourth-order valence-corrected chi connectivity index (χ4v) is 1.14. The summed E-state index contributed by atoms with van der Waals surface area (Å²) in [7, 11) is 0. The summed E-state index contributed by atoms with van der Waals surface area (Å²) in [5.74, 6) is -0.236. The highest BCUT2D eigenvalue weighted by Gasteiger charge is 2.55. The van der Waals surface area contributed by atoms with E-state index in [1.54, 1.807) is 0 Å². The summed E-state index contributed by atoms with van der Waals surface area (Å²) in [6.07, 6.45) is 0.435. The van der Waals surface area contributed by atoms with Gasteiger partial charge in [-0.2, -0.15) is 0 Å². The van der Waals surface area contributed by atoms with Gasteiger partial charge < -0.3 is 0 Å². The molecule has 2 heteroatoms. The first kappa shape index (κ1) is 7.70. The van der Waals surface area contributed by atoms with Crippen LogP contribution in [-0.2, 0) is 4.79 Å². The largest absolute Gasteiger partial charge is 0.299 e. The zero-order valence-corrected chi connectivity index (χ0v) is 6.65. The maximum atomic E-state index is 12.9. The maximum absolute atomic E-state index is 12.9. The molecule has 0 bridgehead atoms. The molecule has 0 aromatic rings. The molecule has 2 atom stereocenters. The number of ketones is 1. The fourth-order valence-electron chi connectivity index (χ4n) is 1.14. The summed E-state index contributed by atoms with van der Waals surface area (Å²) < 4.78 is 12.9. The van der Waals surface area contributed by atoms with Gasteiger partial charge in [-0.05, 0) is 13.3 Å². The van der Waals surface area contributed by atoms with E-state index in [0.717, 1.165) is 0 Å². The Balaban J connectivity index is 2.48. The molecule has 0 radical (unpaired) electrons. The lowest BCUT2D eigenvalue weighted by Gasteiger charge is -2.02. The highest BCUT2D eigenvalue weighted by atomic mass is 19.1. The van der Waals surface area contributed by atoms with E-state index in [-0.39, 0.29) is 17.6 Å². The van der Waals surface area contributed by atoms with Gasteiger partial charge >= 0.3 is 0 Å². The van der Waals surface area contributed by atoms with E-state index in [0.29, 0.717) is 6.42 Å². The molecule has 0 spiro atoms. The van der Waals surface area contributed by atoms with E-state index in [1.807, 2.05) is 13.8 Å². The number of carbonyl (C=O) groups excluding carboxylic acids is 1. The van der Waals surface area contributed by atoms with Crippen molar-refractivity contribution in [3.8, 4) is 0 Å². The quantitative estimate of drug-likeness (QED) is 0.579. The lowest BCUT2D eigenvalue weighted by molar-refractivity contribution is -0.123. The van der Waals surface area contributed by atoms with Crippen LogP contribution in [0.5, 0.6) is 0 Å². The fraction of sp³-hybridized carbons (Fsp3) is 0.875. The molecule has 0 amide bonds. The van der Waals surface area contributed by atoms with Crippen molar-refractivity contribution in [3.63, 3.8) is 0 Å². The van der Waals surface area contributed by atoms with Crippen LogP contribution in [0.3, 0.4) is 0 Å². The van der Waals surface area contributed by atoms with Crippen LogP contribution in [0.25, 0.3) is 0 Å². The molecule has 0 saturated heterocycles. The van der Waals surface area contributed by atoms with Crippen LogP contribution in [0.4, 0.5) is 4.39 Å². The lowest BCUT2D eigenvalue weighted by Crippen LogP contribution is -2.14. The molecule has 1 saturated carbocycles. The minimum absolute atomic E-state index is 0.0115. The number of hydrogen-bond acceptors (Lipinski definition) is 1. The summed E-state index contributed by atoms with van der Waals surface area (Å²) in [5, 5.41) is 0. The predicted molar refractivity (Wildman–Crippen MR) is 37.5 cm³/mol. The Morgan fingerprint density at radius 2 is 2.10 bits per heavy atom. The number of halogens is 1. The van der Waals surface area contributed by atoms with Crippen molar-refractivity contribution >= 4 is 5.78 Å². The Morgan fingerprint density at radius 3 is 2.20 bits per heavy atom. The van der Waals surface area contributed by atoms with Crippen LogP contribution in [0.2, 0.25) is 0 Å². The smallest absolute Gasteiger partial charge is 0.141 e. The topological polar surface area (TPSA) is 17.1 Å². The second-order valence-corrected chi connectivity index (χ2v) is 3.59. The molecular formula is C8H13FO. The van der Waals surface area contributed by atoms with Gasteiger partial charge in [-0.25, -0.2) is 4.39 Å². The van der Waals surface area contributed by atoms with E-state index in [4.69, 9.17) is 0 Å². The van der Waals surface area contributed by atoms with Crippen LogP contribution in [0.1, 0.15) is 27.2 Å². The molecule has 1 nitrogen and oxygen atoms in total. The molecule has 0 aromatic carbocycles. The molecule has 0 N–H and O–H groups in total. The molecule has 2 unspecified atom stereocenters. The molecule has 10 heavy (non-hydrogen) atoms. The van der Waals surface area contributed by atoms with Gasteiger partial charge in [0.1, 0.15) is 11.5 Å². The second-order valence-electron chi connectivity index (χ2n) is 3.59. The number of Topliss-reactive ketones (excluding diaryl/α,β-unsaturated/α-hetero) is 1. The van der Waals surface area contributed by atoms with Crippen LogP contribution in [0, 0.1) is 11.8 Å². The number of alkyl halides is 1. The average Bonchev–Trinajstić information content (AvgIpc) is 2.38. The van der Waals surface area contributed by atoms with Crippen LogP contribution in [0.15, 0.2) is 0 Å². The van der Waals surface area contributed by atoms with Crippen LogP contribution >= 0.6 is 0 Å². The van der Waals surface area contributed by atoms with Gasteiger partial charge in [-0.15, -0.1) is 0 Å². The predicted octanol–water partition coefficient (Wildman–Crippen LogP) is 1.96. The molecule has 0 heterocycles. The van der Waals surface area contributed by atoms with E-state index in [2.05, 4.69) is 0 Å². The second kappa shape index (κ2) is 2.04. The van der Waals surface area contributed by atoms with Crippen molar-refractivity contribution in [2.75, 3.05) is 0 Å². The first-order valence-corrected chi connectivity index (χ1v) is 3.68. The SMILES string of the molecule is CC(C)C(=O)C1CC1(C)F. The summed E-state index contributed by atoms with van der Waals surface area (Å²) in [4.78, 5) is 11.1. The molecule has 0 aliphatic heterocycles. The van der Waals surface area contributed by atoms with E-state index >= 15 is 0 Å². The van der Waals surface area contributed by atoms with E-state index in [1.165, 1.54) is 6.92 Å². The van der Waals surface area contributed by atoms with Crippen molar-refractivity contribution < 1.29 is 9.18 Å². The summed E-state index contributed by atoms with van der Waals surface area (Å²) >= 11 is 0. The van der Waals surface area contributed by atoms with Crippen molar-refractivity contribution in [3.05, 3.63) is 0 Å². The monoisotopic (exact) mass is 144 g/mol. The highest BCUT2D eigenvalue weighted by molar-refractivity contribution is 5.86. The highest BCUT2D eigenvalue weighted by Crippen LogP contribution is 2.48. The molecule has 1 aliphatic rings. The third-order valence-corrected chi connectivity index (χ3v) is 2.08. The van der Waals surface area contributed by atoms with Gasteiger partial charge in [0, 0.05) is 5.92 Å². The van der Waals surface area contributed by atoms with Crippen molar-refractivity contribution in [2.45, 2.75) is 32.9 Å². The third-order valence-electron chi connectivity index (χ3n) is 2.08. The minimum Gasteiger partial charge on any atom is -0.299 e. The summed E-state index contributed by atoms with van der Waals surface area (Å²) in [6, 6.07) is 0. The van der Waals surface area contributed by atoms with Gasteiger partial charge in [0.2, 0.25) is 0 Å². The van der Waals surface area contributed by atoms with Crippen molar-refractivity contribution in [1.29, 1.82) is 0 Å². The zero-order chi connectivity index (χ0) is 7.94. The van der Waals surface area contributed by atoms with Gasteiger partial charge in [0.05, 0.1) is 5.92 Å². The Morgan fingerprint density at radius 1 is 1.70 bits per heavy atom.